The molecular weight excluding hydrogens is 315 g/mol. The van der Waals surface area contributed by atoms with Crippen molar-refractivity contribution >= 4 is 32.7 Å². The number of fused-ring (bicyclic) bond motifs is 1. The third-order valence-corrected chi connectivity index (χ3v) is 4.63. The second-order valence-corrected chi connectivity index (χ2v) is 6.27. The van der Waals surface area contributed by atoms with Crippen LogP contribution < -0.4 is 5.32 Å². The van der Waals surface area contributed by atoms with Gasteiger partial charge in [-0.25, -0.2) is 9.78 Å². The zero-order chi connectivity index (χ0) is 15.7. The van der Waals surface area contributed by atoms with Crippen LogP contribution in [-0.4, -0.2) is 35.2 Å². The number of nitrogens with one attached hydrogen (secondary N) is 1. The van der Waals surface area contributed by atoms with Crippen molar-refractivity contribution in [1.82, 2.24) is 9.88 Å². The molecule has 0 aliphatic carbocycles. The average molecular weight is 329 g/mol. The van der Waals surface area contributed by atoms with E-state index in [0.717, 1.165) is 10.2 Å². The molecule has 1 aromatic heterocycles. The van der Waals surface area contributed by atoms with E-state index in [1.165, 1.54) is 16.2 Å². The van der Waals surface area contributed by atoms with Crippen molar-refractivity contribution in [2.45, 2.75) is 19.0 Å². The van der Waals surface area contributed by atoms with Gasteiger partial charge in [-0.3, -0.25) is 5.32 Å². The molecule has 0 radical (unpaired) electrons. The van der Waals surface area contributed by atoms with Crippen LogP contribution in [0, 0.1) is 5.92 Å². The van der Waals surface area contributed by atoms with Gasteiger partial charge >= 0.3 is 12.2 Å². The van der Waals surface area contributed by atoms with Crippen LogP contribution in [0.4, 0.5) is 23.1 Å². The van der Waals surface area contributed by atoms with E-state index in [9.17, 15) is 18.0 Å². The minimum Gasteiger partial charge on any atom is -0.324 e. The van der Waals surface area contributed by atoms with E-state index in [4.69, 9.17) is 0 Å². The quantitative estimate of drug-likeness (QED) is 0.856. The first-order chi connectivity index (χ1) is 10.4. The standard InChI is InChI=1S/C14H14F3N3OS/c15-14(16,17)9-4-3-7-20(8-9)13(21)19-12-18-10-5-1-2-6-11(10)22-12/h1-2,5-6,9H,3-4,7-8H2,(H,18,19,21)/t9-/m0/s1. The van der Waals surface area contributed by atoms with E-state index in [2.05, 4.69) is 10.3 Å². The fourth-order valence-electron chi connectivity index (χ4n) is 2.52. The lowest BCUT2D eigenvalue weighted by molar-refractivity contribution is -0.183. The van der Waals surface area contributed by atoms with Gasteiger partial charge in [0.2, 0.25) is 0 Å². The lowest BCUT2D eigenvalue weighted by Gasteiger charge is -2.33. The first-order valence-corrected chi connectivity index (χ1v) is 7.73. The molecule has 0 spiro atoms. The molecule has 3 rings (SSSR count). The van der Waals surface area contributed by atoms with Crippen molar-refractivity contribution in [3.05, 3.63) is 24.3 Å². The number of rotatable bonds is 1. The molecule has 1 fully saturated rings. The Balaban J connectivity index is 1.68. The first kappa shape index (κ1) is 15.1. The summed E-state index contributed by atoms with van der Waals surface area (Å²) in [6, 6.07) is 6.88. The van der Waals surface area contributed by atoms with Crippen LogP contribution in [-0.2, 0) is 0 Å². The van der Waals surface area contributed by atoms with Crippen molar-refractivity contribution in [3.63, 3.8) is 0 Å². The Morgan fingerprint density at radius 3 is 2.86 bits per heavy atom. The number of benzene rings is 1. The number of piperidine rings is 1. The molecule has 2 amide bonds. The summed E-state index contributed by atoms with van der Waals surface area (Å²) in [6.07, 6.45) is -3.82. The summed E-state index contributed by atoms with van der Waals surface area (Å²) in [6.45, 7) is 0.0452. The molecule has 0 unspecified atom stereocenters. The highest BCUT2D eigenvalue weighted by Crippen LogP contribution is 2.33. The number of carbonyl (C=O) groups excluding carboxylic acids is 1. The second kappa shape index (κ2) is 5.75. The van der Waals surface area contributed by atoms with Gasteiger partial charge in [0.15, 0.2) is 5.13 Å². The van der Waals surface area contributed by atoms with Crippen LogP contribution in [0.5, 0.6) is 0 Å². The molecule has 0 saturated carbocycles. The summed E-state index contributed by atoms with van der Waals surface area (Å²) in [7, 11) is 0. The number of alkyl halides is 3. The van der Waals surface area contributed by atoms with Crippen LogP contribution >= 0.6 is 11.3 Å². The number of likely N-dealkylation sites (tertiary alicyclic amines) is 1. The van der Waals surface area contributed by atoms with E-state index < -0.39 is 18.1 Å². The maximum atomic E-state index is 12.8. The van der Waals surface area contributed by atoms with E-state index in [0.29, 0.717) is 18.1 Å². The Bertz CT molecular complexity index is 652. The number of hydrogen-bond acceptors (Lipinski definition) is 3. The monoisotopic (exact) mass is 329 g/mol. The topological polar surface area (TPSA) is 45.2 Å². The lowest BCUT2D eigenvalue weighted by Crippen LogP contribution is -2.46. The molecule has 118 valence electrons. The molecule has 1 aliphatic rings. The summed E-state index contributed by atoms with van der Waals surface area (Å²) in [5.41, 5.74) is 0.759. The number of anilines is 1. The Morgan fingerprint density at radius 1 is 1.36 bits per heavy atom. The third-order valence-electron chi connectivity index (χ3n) is 3.68. The summed E-state index contributed by atoms with van der Waals surface area (Å²) in [4.78, 5) is 17.6. The lowest BCUT2D eigenvalue weighted by atomic mass is 9.98. The molecule has 22 heavy (non-hydrogen) atoms. The predicted octanol–water partition coefficient (Wildman–Crippen LogP) is 4.10. The molecule has 1 aromatic carbocycles. The van der Waals surface area contributed by atoms with Crippen molar-refractivity contribution in [2.75, 3.05) is 18.4 Å². The number of amides is 2. The third kappa shape index (κ3) is 3.16. The van der Waals surface area contributed by atoms with E-state index in [1.54, 1.807) is 0 Å². The Labute approximate surface area is 128 Å². The number of aromatic nitrogens is 1. The number of nitrogens with zero attached hydrogens (tertiary/aromatic N) is 2. The van der Waals surface area contributed by atoms with Gasteiger partial charge in [0.1, 0.15) is 0 Å². The van der Waals surface area contributed by atoms with Crippen LogP contribution in [0.15, 0.2) is 24.3 Å². The zero-order valence-corrected chi connectivity index (χ0v) is 12.4. The van der Waals surface area contributed by atoms with Gasteiger partial charge < -0.3 is 4.90 Å². The molecular formula is C14H14F3N3OS. The van der Waals surface area contributed by atoms with Gasteiger partial charge in [-0.1, -0.05) is 23.5 Å². The van der Waals surface area contributed by atoms with Crippen LogP contribution in [0.3, 0.4) is 0 Å². The van der Waals surface area contributed by atoms with Gasteiger partial charge in [-0.15, -0.1) is 0 Å². The number of hydrogen-bond donors (Lipinski definition) is 1. The highest BCUT2D eigenvalue weighted by molar-refractivity contribution is 7.22. The normalized spacial score (nSPS) is 19.4. The molecule has 1 aliphatic heterocycles. The summed E-state index contributed by atoms with van der Waals surface area (Å²) in [5, 5.41) is 3.00. The summed E-state index contributed by atoms with van der Waals surface area (Å²) < 4.78 is 39.2. The highest BCUT2D eigenvalue weighted by Gasteiger charge is 2.42. The maximum Gasteiger partial charge on any atom is 0.393 e. The highest BCUT2D eigenvalue weighted by atomic mass is 32.1. The predicted molar refractivity (Wildman–Crippen MR) is 79.0 cm³/mol. The van der Waals surface area contributed by atoms with Crippen LogP contribution in [0.1, 0.15) is 12.8 Å². The molecule has 8 heteroatoms. The fourth-order valence-corrected chi connectivity index (χ4v) is 3.38. The number of halogens is 3. The molecule has 1 N–H and O–H groups in total. The number of carbonyl (C=O) groups is 1. The van der Waals surface area contributed by atoms with E-state index in [-0.39, 0.29) is 13.0 Å². The fraction of sp³-hybridized carbons (Fsp3) is 0.429. The Kier molecular flexibility index (Phi) is 3.94. The molecule has 2 heterocycles. The largest absolute Gasteiger partial charge is 0.393 e. The van der Waals surface area contributed by atoms with E-state index >= 15 is 0 Å². The molecule has 2 aromatic rings. The molecule has 4 nitrogen and oxygen atoms in total. The molecule has 1 atom stereocenters. The van der Waals surface area contributed by atoms with Crippen molar-refractivity contribution in [2.24, 2.45) is 5.92 Å². The van der Waals surface area contributed by atoms with Gasteiger partial charge in [0.05, 0.1) is 16.1 Å². The van der Waals surface area contributed by atoms with E-state index in [1.807, 2.05) is 24.3 Å². The minimum absolute atomic E-state index is 0.0778. The smallest absolute Gasteiger partial charge is 0.324 e. The summed E-state index contributed by atoms with van der Waals surface area (Å²) in [5.74, 6) is -1.44. The van der Waals surface area contributed by atoms with Crippen LogP contribution in [0.2, 0.25) is 0 Å². The second-order valence-electron chi connectivity index (χ2n) is 5.24. The van der Waals surface area contributed by atoms with Crippen molar-refractivity contribution in [1.29, 1.82) is 0 Å². The van der Waals surface area contributed by atoms with Crippen molar-refractivity contribution in [3.8, 4) is 0 Å². The Morgan fingerprint density at radius 2 is 2.14 bits per heavy atom. The van der Waals surface area contributed by atoms with Gasteiger partial charge in [0.25, 0.3) is 0 Å². The Hall–Kier alpha value is -1.83. The number of urea groups is 1. The molecule has 0 bridgehead atoms. The number of para-hydroxylation sites is 1. The number of thiazole rings is 1. The van der Waals surface area contributed by atoms with Crippen molar-refractivity contribution < 1.29 is 18.0 Å². The zero-order valence-electron chi connectivity index (χ0n) is 11.6. The maximum absolute atomic E-state index is 12.8. The van der Waals surface area contributed by atoms with Gasteiger partial charge in [0, 0.05) is 13.1 Å². The van der Waals surface area contributed by atoms with Gasteiger partial charge in [-0.2, -0.15) is 13.2 Å². The SMILES string of the molecule is O=C(Nc1nc2ccccc2s1)N1CCC[C@H](C(F)(F)F)C1. The minimum atomic E-state index is -4.26. The molecule has 1 saturated heterocycles. The van der Waals surface area contributed by atoms with Crippen LogP contribution in [0.25, 0.3) is 10.2 Å². The summed E-state index contributed by atoms with van der Waals surface area (Å²) >= 11 is 1.30. The first-order valence-electron chi connectivity index (χ1n) is 6.92. The van der Waals surface area contributed by atoms with Gasteiger partial charge in [-0.05, 0) is 25.0 Å². The average Bonchev–Trinajstić information content (AvgIpc) is 2.88.